The molecule has 0 aliphatic heterocycles. The van der Waals surface area contributed by atoms with Crippen molar-refractivity contribution >= 4 is 39.1 Å². The van der Waals surface area contributed by atoms with Crippen LogP contribution >= 0.6 is 11.3 Å². The van der Waals surface area contributed by atoms with E-state index in [0.717, 1.165) is 64.0 Å². The van der Waals surface area contributed by atoms with E-state index in [4.69, 9.17) is 9.72 Å². The van der Waals surface area contributed by atoms with E-state index in [2.05, 4.69) is 10.4 Å². The van der Waals surface area contributed by atoms with E-state index in [0.29, 0.717) is 28.4 Å². The molecule has 7 nitrogen and oxygen atoms in total. The summed E-state index contributed by atoms with van der Waals surface area (Å²) in [6.07, 6.45) is 3.87. The smallest absolute Gasteiger partial charge is 0.341 e. The van der Waals surface area contributed by atoms with Crippen molar-refractivity contribution < 1.29 is 14.3 Å². The van der Waals surface area contributed by atoms with Gasteiger partial charge in [-0.1, -0.05) is 18.2 Å². The van der Waals surface area contributed by atoms with Gasteiger partial charge in [0.25, 0.3) is 5.91 Å². The molecule has 1 aliphatic carbocycles. The number of hydrogen-bond donors (Lipinski definition) is 1. The molecule has 3 aromatic heterocycles. The monoisotopic (exact) mass is 488 g/mol. The number of pyridine rings is 1. The molecule has 4 aromatic rings. The van der Waals surface area contributed by atoms with Gasteiger partial charge in [-0.25, -0.2) is 9.78 Å². The van der Waals surface area contributed by atoms with Crippen LogP contribution in [0.5, 0.6) is 0 Å². The zero-order valence-corrected chi connectivity index (χ0v) is 21.2. The third kappa shape index (κ3) is 4.12. The Bertz CT molecular complexity index is 1470. The number of fused-ring (bicyclic) bond motifs is 2. The Morgan fingerprint density at radius 3 is 2.69 bits per heavy atom. The van der Waals surface area contributed by atoms with Crippen molar-refractivity contribution in [2.75, 3.05) is 11.9 Å². The van der Waals surface area contributed by atoms with Gasteiger partial charge in [0.2, 0.25) is 0 Å². The summed E-state index contributed by atoms with van der Waals surface area (Å²) < 4.78 is 7.18. The van der Waals surface area contributed by atoms with E-state index in [1.807, 2.05) is 55.9 Å². The molecule has 1 amide bonds. The Morgan fingerprint density at radius 1 is 1.17 bits per heavy atom. The Labute approximate surface area is 208 Å². The molecule has 5 rings (SSSR count). The van der Waals surface area contributed by atoms with E-state index < -0.39 is 0 Å². The maximum atomic E-state index is 13.7. The van der Waals surface area contributed by atoms with Gasteiger partial charge in [-0.05, 0) is 64.2 Å². The second-order valence-electron chi connectivity index (χ2n) is 8.83. The molecule has 0 saturated heterocycles. The highest BCUT2D eigenvalue weighted by molar-refractivity contribution is 7.17. The Balaban J connectivity index is 1.61. The number of aromatic nitrogens is 3. The van der Waals surface area contributed by atoms with Crippen LogP contribution in [0.1, 0.15) is 62.3 Å². The fourth-order valence-corrected chi connectivity index (χ4v) is 6.15. The van der Waals surface area contributed by atoms with Gasteiger partial charge in [0, 0.05) is 28.6 Å². The number of para-hydroxylation sites is 1. The first-order valence-corrected chi connectivity index (χ1v) is 12.7. The average Bonchev–Trinajstić information content (AvgIpc) is 3.33. The lowest BCUT2D eigenvalue weighted by molar-refractivity contribution is 0.0526. The highest BCUT2D eigenvalue weighted by atomic mass is 32.1. The molecule has 8 heteroatoms. The van der Waals surface area contributed by atoms with Crippen LogP contribution in [0, 0.1) is 13.8 Å². The van der Waals surface area contributed by atoms with Crippen molar-refractivity contribution in [1.82, 2.24) is 14.8 Å². The van der Waals surface area contributed by atoms with Crippen molar-refractivity contribution in [3.63, 3.8) is 0 Å². The lowest BCUT2D eigenvalue weighted by Crippen LogP contribution is -2.16. The van der Waals surface area contributed by atoms with Crippen LogP contribution in [0.25, 0.3) is 22.2 Å². The number of benzene rings is 1. The quantitative estimate of drug-likeness (QED) is 0.369. The summed E-state index contributed by atoms with van der Waals surface area (Å²) in [5, 5.41) is 8.90. The number of anilines is 1. The minimum atomic E-state index is -0.371. The molecule has 1 aromatic carbocycles. The Kier molecular flexibility index (Phi) is 6.15. The summed E-state index contributed by atoms with van der Waals surface area (Å²) in [6, 6.07) is 9.44. The minimum absolute atomic E-state index is 0.270. The predicted molar refractivity (Wildman–Crippen MR) is 138 cm³/mol. The van der Waals surface area contributed by atoms with E-state index >= 15 is 0 Å². The summed E-state index contributed by atoms with van der Waals surface area (Å²) in [5.41, 5.74) is 6.23. The van der Waals surface area contributed by atoms with Gasteiger partial charge in [-0.2, -0.15) is 5.10 Å². The molecule has 180 valence electrons. The topological polar surface area (TPSA) is 86.1 Å². The highest BCUT2D eigenvalue weighted by Crippen LogP contribution is 2.39. The fraction of sp³-hybridized carbons (Fsp3) is 0.333. The number of ether oxygens (including phenoxy) is 1. The van der Waals surface area contributed by atoms with Gasteiger partial charge < -0.3 is 10.1 Å². The third-order valence-corrected chi connectivity index (χ3v) is 7.81. The number of rotatable bonds is 5. The molecule has 35 heavy (non-hydrogen) atoms. The largest absolute Gasteiger partial charge is 0.462 e. The van der Waals surface area contributed by atoms with E-state index in [1.165, 1.54) is 11.3 Å². The summed E-state index contributed by atoms with van der Waals surface area (Å²) in [5.74, 6) is -0.641. The normalized spacial score (nSPS) is 13.0. The molecule has 3 heterocycles. The van der Waals surface area contributed by atoms with Gasteiger partial charge in [0.05, 0.1) is 34.6 Å². The number of nitrogens with zero attached hydrogens (tertiary/aromatic N) is 3. The molecule has 0 atom stereocenters. The molecule has 0 unspecified atom stereocenters. The molecular formula is C27H28N4O3S. The number of esters is 1. The van der Waals surface area contributed by atoms with Crippen LogP contribution in [0.2, 0.25) is 0 Å². The minimum Gasteiger partial charge on any atom is -0.462 e. The molecule has 1 aliphatic rings. The first kappa shape index (κ1) is 23.2. The molecule has 1 N–H and O–H groups in total. The van der Waals surface area contributed by atoms with Crippen molar-refractivity contribution in [3.05, 3.63) is 63.3 Å². The lowest BCUT2D eigenvalue weighted by atomic mass is 9.95. The number of carbonyl (C=O) groups is 2. The van der Waals surface area contributed by atoms with Crippen LogP contribution in [0.3, 0.4) is 0 Å². The predicted octanol–water partition coefficient (Wildman–Crippen LogP) is 5.62. The number of aryl methyl sites for hydroxylation is 3. The van der Waals surface area contributed by atoms with Crippen LogP contribution < -0.4 is 5.32 Å². The van der Waals surface area contributed by atoms with Gasteiger partial charge in [0.1, 0.15) is 5.00 Å². The number of nitrogens with one attached hydrogen (secondary N) is 1. The first-order valence-electron chi connectivity index (χ1n) is 11.9. The maximum Gasteiger partial charge on any atom is 0.341 e. The SMILES string of the molecule is CCOC(=O)c1c(NC(=O)c2cc(-c3c(C)nn(C)c3C)nc3ccccc23)sc2c1CCCC2. The molecule has 0 bridgehead atoms. The standard InChI is InChI=1S/C27H28N4O3S/c1-5-34-27(33)24-18-11-7-9-13-22(18)35-26(24)29-25(32)19-14-21(23-15(2)30-31(4)16(23)3)28-20-12-8-6-10-17(19)20/h6,8,10,12,14H,5,7,9,11,13H2,1-4H3,(H,29,32). The van der Waals surface area contributed by atoms with Gasteiger partial charge in [0.15, 0.2) is 0 Å². The van der Waals surface area contributed by atoms with Crippen molar-refractivity contribution in [1.29, 1.82) is 0 Å². The Hall–Kier alpha value is -3.52. The van der Waals surface area contributed by atoms with Crippen molar-refractivity contribution in [2.45, 2.75) is 46.5 Å². The molecule has 0 fully saturated rings. The fourth-order valence-electron chi connectivity index (χ4n) is 4.88. The second kappa shape index (κ2) is 9.26. The zero-order valence-electron chi connectivity index (χ0n) is 20.4. The summed E-state index contributed by atoms with van der Waals surface area (Å²) >= 11 is 1.49. The second-order valence-corrected chi connectivity index (χ2v) is 9.94. The van der Waals surface area contributed by atoms with E-state index in [1.54, 1.807) is 6.92 Å². The maximum absolute atomic E-state index is 13.7. The van der Waals surface area contributed by atoms with Crippen LogP contribution in [0.15, 0.2) is 30.3 Å². The molecular weight excluding hydrogens is 460 g/mol. The van der Waals surface area contributed by atoms with Crippen LogP contribution in [-0.2, 0) is 24.6 Å². The average molecular weight is 489 g/mol. The van der Waals surface area contributed by atoms with Crippen molar-refractivity contribution in [3.8, 4) is 11.3 Å². The van der Waals surface area contributed by atoms with Crippen LogP contribution in [0.4, 0.5) is 5.00 Å². The molecule has 0 radical (unpaired) electrons. The Morgan fingerprint density at radius 2 is 1.94 bits per heavy atom. The summed E-state index contributed by atoms with van der Waals surface area (Å²) in [7, 11) is 1.90. The van der Waals surface area contributed by atoms with Gasteiger partial charge >= 0.3 is 5.97 Å². The third-order valence-electron chi connectivity index (χ3n) is 6.60. The lowest BCUT2D eigenvalue weighted by Gasteiger charge is -2.13. The van der Waals surface area contributed by atoms with Gasteiger partial charge in [-0.15, -0.1) is 11.3 Å². The molecule has 0 spiro atoms. The number of hydrogen-bond acceptors (Lipinski definition) is 6. The number of carbonyl (C=O) groups excluding carboxylic acids is 2. The summed E-state index contributed by atoms with van der Waals surface area (Å²) in [4.78, 5) is 32.6. The van der Waals surface area contributed by atoms with E-state index in [9.17, 15) is 9.59 Å². The first-order chi connectivity index (χ1) is 16.9. The highest BCUT2D eigenvalue weighted by Gasteiger charge is 2.28. The van der Waals surface area contributed by atoms with Gasteiger partial charge in [-0.3, -0.25) is 9.48 Å². The zero-order chi connectivity index (χ0) is 24.7. The summed E-state index contributed by atoms with van der Waals surface area (Å²) in [6.45, 7) is 6.02. The number of thiophene rings is 1. The van der Waals surface area contributed by atoms with E-state index in [-0.39, 0.29) is 11.9 Å². The molecule has 0 saturated carbocycles. The number of amides is 1. The van der Waals surface area contributed by atoms with Crippen LogP contribution in [-0.4, -0.2) is 33.2 Å². The van der Waals surface area contributed by atoms with Crippen molar-refractivity contribution in [2.24, 2.45) is 7.05 Å².